The number of ether oxygens (including phenoxy) is 1. The molecule has 45 heavy (non-hydrogen) atoms. The summed E-state index contributed by atoms with van der Waals surface area (Å²) in [6.07, 6.45) is 0.630. The second-order valence-corrected chi connectivity index (χ2v) is 11.8. The molecule has 12 heteroatoms. The number of non-ortho nitro benzene ring substituents is 1. The highest BCUT2D eigenvalue weighted by atomic mass is 16.6. The average molecular weight is 612 g/mol. The van der Waals surface area contributed by atoms with Gasteiger partial charge < -0.3 is 15.4 Å². The van der Waals surface area contributed by atoms with E-state index in [9.17, 15) is 29.3 Å². The summed E-state index contributed by atoms with van der Waals surface area (Å²) in [5.41, 5.74) is 0.810. The zero-order valence-corrected chi connectivity index (χ0v) is 25.2. The fourth-order valence-electron chi connectivity index (χ4n) is 5.50. The number of carbonyl (C=O) groups excluding carboxylic acids is 4. The molecule has 0 aromatic heterocycles. The summed E-state index contributed by atoms with van der Waals surface area (Å²) in [7, 11) is 0. The molecule has 1 saturated heterocycles. The SMILES string of the molecule is C[C@H](NC(=O)OC(C)(C)C)C(=O)C1=CN2C(=O)[C@@H](NC(=O)c3ccccc3)[C@H](c3ccccc3)N2[C@@H]1c1ccc([N+](=O)[O-])cc1. The van der Waals surface area contributed by atoms with Crippen molar-refractivity contribution in [3.05, 3.63) is 124 Å². The Morgan fingerprint density at radius 1 is 0.911 bits per heavy atom. The van der Waals surface area contributed by atoms with Gasteiger partial charge in [0.2, 0.25) is 0 Å². The molecule has 0 bridgehead atoms. The predicted molar refractivity (Wildman–Crippen MR) is 163 cm³/mol. The van der Waals surface area contributed by atoms with E-state index in [1.807, 2.05) is 30.3 Å². The van der Waals surface area contributed by atoms with Crippen LogP contribution in [0.4, 0.5) is 10.5 Å². The van der Waals surface area contributed by atoms with Gasteiger partial charge >= 0.3 is 6.09 Å². The summed E-state index contributed by atoms with van der Waals surface area (Å²) in [5.74, 6) is -1.40. The Kier molecular flexibility index (Phi) is 8.51. The van der Waals surface area contributed by atoms with Crippen LogP contribution < -0.4 is 10.6 Å². The lowest BCUT2D eigenvalue weighted by Gasteiger charge is -2.33. The number of rotatable bonds is 8. The number of nitrogens with zero attached hydrogens (tertiary/aromatic N) is 3. The second-order valence-electron chi connectivity index (χ2n) is 11.8. The lowest BCUT2D eigenvalue weighted by Crippen LogP contribution is -2.45. The first-order valence-corrected chi connectivity index (χ1v) is 14.4. The van der Waals surface area contributed by atoms with E-state index in [1.165, 1.54) is 42.4 Å². The van der Waals surface area contributed by atoms with Crippen molar-refractivity contribution in [3.63, 3.8) is 0 Å². The van der Waals surface area contributed by atoms with Crippen molar-refractivity contribution >= 4 is 29.4 Å². The van der Waals surface area contributed by atoms with E-state index >= 15 is 0 Å². The third kappa shape index (κ3) is 6.46. The number of hydrogen-bond acceptors (Lipinski definition) is 8. The van der Waals surface area contributed by atoms with Crippen LogP contribution in [0.25, 0.3) is 0 Å². The number of carbonyl (C=O) groups is 4. The monoisotopic (exact) mass is 611 g/mol. The molecule has 3 amide bonds. The van der Waals surface area contributed by atoms with Crippen LogP contribution in [0.2, 0.25) is 0 Å². The number of fused-ring (bicyclic) bond motifs is 1. The molecule has 2 aliphatic rings. The van der Waals surface area contributed by atoms with Crippen LogP contribution in [0.1, 0.15) is 61.3 Å². The van der Waals surface area contributed by atoms with Crippen molar-refractivity contribution in [2.75, 3.05) is 0 Å². The zero-order chi connectivity index (χ0) is 32.5. The Bertz CT molecular complexity index is 1650. The highest BCUT2D eigenvalue weighted by Gasteiger charge is 2.55. The van der Waals surface area contributed by atoms with Gasteiger partial charge in [0.1, 0.15) is 11.6 Å². The van der Waals surface area contributed by atoms with Gasteiger partial charge in [-0.3, -0.25) is 24.5 Å². The van der Waals surface area contributed by atoms with Gasteiger partial charge in [-0.05, 0) is 51.0 Å². The molecule has 0 spiro atoms. The topological polar surface area (TPSA) is 151 Å². The van der Waals surface area contributed by atoms with E-state index in [0.717, 1.165) is 0 Å². The molecule has 2 heterocycles. The van der Waals surface area contributed by atoms with E-state index < -0.39 is 58.4 Å². The minimum atomic E-state index is -1.04. The van der Waals surface area contributed by atoms with Gasteiger partial charge in [0.15, 0.2) is 5.78 Å². The van der Waals surface area contributed by atoms with Crippen molar-refractivity contribution in [1.82, 2.24) is 20.7 Å². The maximum atomic E-state index is 14.1. The number of nitro groups is 1. The number of benzene rings is 3. The number of nitro benzene ring substituents is 1. The first kappa shape index (κ1) is 31.1. The lowest BCUT2D eigenvalue weighted by molar-refractivity contribution is -0.384. The lowest BCUT2D eigenvalue weighted by atomic mass is 9.90. The first-order chi connectivity index (χ1) is 21.4. The normalized spacial score (nSPS) is 20.2. The Balaban J connectivity index is 1.57. The standard InChI is InChI=1S/C33H33N5O7/c1-20(34-32(42)45-33(2,3)4)29(39)25-19-36-31(41)26(35-30(40)23-13-9-6-10-14-23)28(21-11-7-5-8-12-21)37(36)27(25)22-15-17-24(18-16-22)38(43)44/h5-20,26-28H,1-4H3,(H,34,42)(H,35,40)/t20-,26-,27+,28-/m0/s1. The van der Waals surface area contributed by atoms with Gasteiger partial charge in [0.05, 0.1) is 23.0 Å². The van der Waals surface area contributed by atoms with E-state index in [1.54, 1.807) is 56.1 Å². The number of alkyl carbamates (subject to hydrolysis) is 1. The molecule has 2 aliphatic heterocycles. The van der Waals surface area contributed by atoms with Gasteiger partial charge in [-0.2, -0.15) is 5.01 Å². The minimum absolute atomic E-state index is 0.143. The molecule has 5 rings (SSSR count). The largest absolute Gasteiger partial charge is 0.444 e. The molecular weight excluding hydrogens is 578 g/mol. The molecule has 0 radical (unpaired) electrons. The summed E-state index contributed by atoms with van der Waals surface area (Å²) < 4.78 is 5.32. The minimum Gasteiger partial charge on any atom is -0.444 e. The molecule has 232 valence electrons. The number of hydrazine groups is 1. The summed E-state index contributed by atoms with van der Waals surface area (Å²) >= 11 is 0. The highest BCUT2D eigenvalue weighted by Crippen LogP contribution is 2.48. The van der Waals surface area contributed by atoms with Crippen molar-refractivity contribution in [1.29, 1.82) is 0 Å². The average Bonchev–Trinajstić information content (AvgIpc) is 3.51. The summed E-state index contributed by atoms with van der Waals surface area (Å²) in [6, 6.07) is 19.6. The fraction of sp³-hybridized carbons (Fsp3) is 0.273. The summed E-state index contributed by atoms with van der Waals surface area (Å²) in [4.78, 5) is 64.7. The number of Topliss-reactive ketones (excluding diaryl/α,β-unsaturated/α-hetero) is 1. The van der Waals surface area contributed by atoms with Gasteiger partial charge in [0.25, 0.3) is 17.5 Å². The third-order valence-electron chi connectivity index (χ3n) is 7.46. The van der Waals surface area contributed by atoms with Crippen molar-refractivity contribution in [3.8, 4) is 0 Å². The Morgan fingerprint density at radius 3 is 2.09 bits per heavy atom. The number of hydrogen-bond donors (Lipinski definition) is 2. The van der Waals surface area contributed by atoms with Crippen LogP contribution in [0.5, 0.6) is 0 Å². The predicted octanol–water partition coefficient (Wildman–Crippen LogP) is 4.61. The van der Waals surface area contributed by atoms with E-state index in [4.69, 9.17) is 4.74 Å². The maximum Gasteiger partial charge on any atom is 0.408 e. The van der Waals surface area contributed by atoms with Crippen LogP contribution in [0.3, 0.4) is 0 Å². The van der Waals surface area contributed by atoms with Crippen molar-refractivity contribution in [2.45, 2.75) is 57.5 Å². The molecule has 2 N–H and O–H groups in total. The van der Waals surface area contributed by atoms with Crippen LogP contribution in [0, 0.1) is 10.1 Å². The number of nitrogens with one attached hydrogen (secondary N) is 2. The number of amides is 3. The Hall–Kier alpha value is -5.36. The smallest absolute Gasteiger partial charge is 0.408 e. The van der Waals surface area contributed by atoms with E-state index in [-0.39, 0.29) is 11.3 Å². The fourth-order valence-corrected chi connectivity index (χ4v) is 5.50. The van der Waals surface area contributed by atoms with Crippen LogP contribution >= 0.6 is 0 Å². The highest BCUT2D eigenvalue weighted by molar-refractivity contribution is 6.04. The summed E-state index contributed by atoms with van der Waals surface area (Å²) in [5, 5.41) is 19.9. The zero-order valence-electron chi connectivity index (χ0n) is 25.2. The van der Waals surface area contributed by atoms with Gasteiger partial charge in [0, 0.05) is 29.5 Å². The molecule has 0 aliphatic carbocycles. The van der Waals surface area contributed by atoms with E-state index in [0.29, 0.717) is 16.7 Å². The van der Waals surface area contributed by atoms with Crippen LogP contribution in [0.15, 0.2) is 96.7 Å². The quantitative estimate of drug-likeness (QED) is 0.277. The first-order valence-electron chi connectivity index (χ1n) is 14.4. The molecule has 4 atom stereocenters. The Labute approximate surface area is 259 Å². The van der Waals surface area contributed by atoms with E-state index in [2.05, 4.69) is 10.6 Å². The molecule has 0 saturated carbocycles. The molecule has 3 aromatic carbocycles. The maximum absolute atomic E-state index is 14.1. The van der Waals surface area contributed by atoms with Gasteiger partial charge in [-0.15, -0.1) is 0 Å². The molecular formula is C33H33N5O7. The van der Waals surface area contributed by atoms with Crippen LogP contribution in [-0.2, 0) is 14.3 Å². The summed E-state index contributed by atoms with van der Waals surface area (Å²) in [6.45, 7) is 6.62. The molecule has 1 fully saturated rings. The molecule has 12 nitrogen and oxygen atoms in total. The van der Waals surface area contributed by atoms with Crippen molar-refractivity contribution in [2.24, 2.45) is 0 Å². The van der Waals surface area contributed by atoms with Crippen LogP contribution in [-0.4, -0.2) is 56.3 Å². The van der Waals surface area contributed by atoms with Gasteiger partial charge in [-0.25, -0.2) is 9.80 Å². The molecule has 0 unspecified atom stereocenters. The third-order valence-corrected chi connectivity index (χ3v) is 7.46. The Morgan fingerprint density at radius 2 is 1.51 bits per heavy atom. The van der Waals surface area contributed by atoms with Crippen molar-refractivity contribution < 1.29 is 28.8 Å². The second kappa shape index (κ2) is 12.3. The van der Waals surface area contributed by atoms with Gasteiger partial charge in [-0.1, -0.05) is 60.7 Å². The number of ketones is 1. The molecule has 3 aromatic rings.